The lowest BCUT2D eigenvalue weighted by Gasteiger charge is -2.11. The number of nitrogens with two attached hydrogens (primary N) is 1. The van der Waals surface area contributed by atoms with Gasteiger partial charge in [0.2, 0.25) is 0 Å². The molecular formula is C10H11ClF3N. The molecule has 0 saturated heterocycles. The third-order valence-electron chi connectivity index (χ3n) is 1.92. The van der Waals surface area contributed by atoms with Gasteiger partial charge < -0.3 is 5.73 Å². The molecular weight excluding hydrogens is 227 g/mol. The van der Waals surface area contributed by atoms with Crippen LogP contribution in [0.5, 0.6) is 0 Å². The molecule has 1 rings (SSSR count). The fourth-order valence-corrected chi connectivity index (χ4v) is 1.49. The van der Waals surface area contributed by atoms with Crippen LogP contribution in [0.1, 0.15) is 18.1 Å². The second-order valence-corrected chi connectivity index (χ2v) is 3.89. The highest BCUT2D eigenvalue weighted by Gasteiger charge is 2.30. The molecule has 84 valence electrons. The summed E-state index contributed by atoms with van der Waals surface area (Å²) in [5.74, 6) is 0. The molecule has 0 spiro atoms. The van der Waals surface area contributed by atoms with E-state index in [1.165, 1.54) is 6.07 Å². The van der Waals surface area contributed by atoms with Crippen LogP contribution in [-0.4, -0.2) is 6.04 Å². The van der Waals surface area contributed by atoms with E-state index in [0.29, 0.717) is 12.0 Å². The van der Waals surface area contributed by atoms with Crippen molar-refractivity contribution in [2.75, 3.05) is 0 Å². The van der Waals surface area contributed by atoms with Crippen molar-refractivity contribution in [1.82, 2.24) is 0 Å². The zero-order chi connectivity index (χ0) is 11.6. The molecule has 0 fully saturated rings. The first-order valence-electron chi connectivity index (χ1n) is 4.42. The second kappa shape index (κ2) is 4.41. The third-order valence-corrected chi connectivity index (χ3v) is 2.27. The standard InChI is InChI=1S/C10H11ClF3N/c1-6(15)4-7-2-3-8(5-9(7)11)10(12,13)14/h2-3,5-6H,4,15H2,1H3. The molecule has 0 bridgehead atoms. The molecule has 1 nitrogen and oxygen atoms in total. The quantitative estimate of drug-likeness (QED) is 0.840. The molecule has 1 aromatic carbocycles. The lowest BCUT2D eigenvalue weighted by molar-refractivity contribution is -0.137. The minimum atomic E-state index is -4.35. The zero-order valence-corrected chi connectivity index (χ0v) is 8.86. The second-order valence-electron chi connectivity index (χ2n) is 3.49. The summed E-state index contributed by atoms with van der Waals surface area (Å²) in [4.78, 5) is 0. The van der Waals surface area contributed by atoms with Gasteiger partial charge in [-0.3, -0.25) is 0 Å². The Morgan fingerprint density at radius 3 is 2.40 bits per heavy atom. The van der Waals surface area contributed by atoms with Crippen LogP contribution in [0.2, 0.25) is 5.02 Å². The van der Waals surface area contributed by atoms with Crippen LogP contribution >= 0.6 is 11.6 Å². The van der Waals surface area contributed by atoms with Crippen molar-refractivity contribution < 1.29 is 13.2 Å². The van der Waals surface area contributed by atoms with Gasteiger partial charge in [0.05, 0.1) is 5.56 Å². The van der Waals surface area contributed by atoms with Crippen LogP contribution in [0.3, 0.4) is 0 Å². The fourth-order valence-electron chi connectivity index (χ4n) is 1.24. The van der Waals surface area contributed by atoms with Crippen LogP contribution in [0, 0.1) is 0 Å². The number of alkyl halides is 3. The van der Waals surface area contributed by atoms with Crippen molar-refractivity contribution >= 4 is 11.6 Å². The summed E-state index contributed by atoms with van der Waals surface area (Å²) >= 11 is 5.72. The van der Waals surface area contributed by atoms with Gasteiger partial charge in [0, 0.05) is 11.1 Å². The van der Waals surface area contributed by atoms with Crippen LogP contribution in [0.25, 0.3) is 0 Å². The minimum Gasteiger partial charge on any atom is -0.328 e. The Balaban J connectivity index is 2.98. The number of hydrogen-bond acceptors (Lipinski definition) is 1. The van der Waals surface area contributed by atoms with E-state index in [4.69, 9.17) is 17.3 Å². The van der Waals surface area contributed by atoms with E-state index in [0.717, 1.165) is 12.1 Å². The molecule has 0 aliphatic rings. The smallest absolute Gasteiger partial charge is 0.328 e. The molecule has 15 heavy (non-hydrogen) atoms. The molecule has 2 N–H and O–H groups in total. The van der Waals surface area contributed by atoms with Crippen molar-refractivity contribution in [3.63, 3.8) is 0 Å². The lowest BCUT2D eigenvalue weighted by atomic mass is 10.1. The van der Waals surface area contributed by atoms with E-state index in [9.17, 15) is 13.2 Å². The van der Waals surface area contributed by atoms with Gasteiger partial charge in [-0.15, -0.1) is 0 Å². The van der Waals surface area contributed by atoms with Gasteiger partial charge in [-0.1, -0.05) is 17.7 Å². The van der Waals surface area contributed by atoms with E-state index in [1.54, 1.807) is 6.92 Å². The molecule has 0 aromatic heterocycles. The Kier molecular flexibility index (Phi) is 3.62. The first-order valence-corrected chi connectivity index (χ1v) is 4.79. The maximum Gasteiger partial charge on any atom is 0.416 e. The summed E-state index contributed by atoms with van der Waals surface area (Å²) in [5, 5.41) is 0.113. The van der Waals surface area contributed by atoms with Crippen molar-refractivity contribution in [1.29, 1.82) is 0 Å². The Labute approximate surface area is 91.0 Å². The van der Waals surface area contributed by atoms with Crippen LogP contribution in [0.4, 0.5) is 13.2 Å². The maximum absolute atomic E-state index is 12.3. The Bertz CT molecular complexity index is 347. The normalized spacial score (nSPS) is 14.0. The van der Waals surface area contributed by atoms with Gasteiger partial charge in [0.1, 0.15) is 0 Å². The van der Waals surface area contributed by atoms with Gasteiger partial charge in [0.25, 0.3) is 0 Å². The summed E-state index contributed by atoms with van der Waals surface area (Å²) in [6, 6.07) is 3.19. The molecule has 1 unspecified atom stereocenters. The Hall–Kier alpha value is -0.740. The topological polar surface area (TPSA) is 26.0 Å². The Morgan fingerprint density at radius 1 is 1.40 bits per heavy atom. The van der Waals surface area contributed by atoms with E-state index in [1.807, 2.05) is 0 Å². The van der Waals surface area contributed by atoms with Gasteiger partial charge in [-0.25, -0.2) is 0 Å². The molecule has 5 heteroatoms. The van der Waals surface area contributed by atoms with Gasteiger partial charge in [-0.05, 0) is 31.0 Å². The largest absolute Gasteiger partial charge is 0.416 e. The first-order chi connectivity index (χ1) is 6.80. The molecule has 0 heterocycles. The summed E-state index contributed by atoms with van der Waals surface area (Å²) in [7, 11) is 0. The van der Waals surface area contributed by atoms with Crippen LogP contribution in [-0.2, 0) is 12.6 Å². The SMILES string of the molecule is CC(N)Cc1ccc(C(F)(F)F)cc1Cl. The molecule has 0 saturated carbocycles. The molecule has 0 amide bonds. The Morgan fingerprint density at radius 2 is 2.00 bits per heavy atom. The average molecular weight is 238 g/mol. The zero-order valence-electron chi connectivity index (χ0n) is 8.11. The third kappa shape index (κ3) is 3.39. The summed E-state index contributed by atoms with van der Waals surface area (Å²) in [6.45, 7) is 1.77. The van der Waals surface area contributed by atoms with Crippen molar-refractivity contribution in [3.8, 4) is 0 Å². The highest BCUT2D eigenvalue weighted by atomic mass is 35.5. The molecule has 1 aromatic rings. The van der Waals surface area contributed by atoms with E-state index >= 15 is 0 Å². The molecule has 0 radical (unpaired) electrons. The fraction of sp³-hybridized carbons (Fsp3) is 0.400. The van der Waals surface area contributed by atoms with Crippen LogP contribution < -0.4 is 5.73 Å². The average Bonchev–Trinajstić information content (AvgIpc) is 2.05. The highest BCUT2D eigenvalue weighted by molar-refractivity contribution is 6.31. The summed E-state index contributed by atoms with van der Waals surface area (Å²) in [6.07, 6.45) is -3.88. The number of benzene rings is 1. The van der Waals surface area contributed by atoms with E-state index in [2.05, 4.69) is 0 Å². The van der Waals surface area contributed by atoms with Crippen LogP contribution in [0.15, 0.2) is 18.2 Å². The molecule has 1 atom stereocenters. The lowest BCUT2D eigenvalue weighted by Crippen LogP contribution is -2.18. The summed E-state index contributed by atoms with van der Waals surface area (Å²) < 4.78 is 36.8. The van der Waals surface area contributed by atoms with Crippen molar-refractivity contribution in [3.05, 3.63) is 34.3 Å². The van der Waals surface area contributed by atoms with Crippen molar-refractivity contribution in [2.45, 2.75) is 25.6 Å². The maximum atomic E-state index is 12.3. The number of halogens is 4. The van der Waals surface area contributed by atoms with E-state index in [-0.39, 0.29) is 11.1 Å². The van der Waals surface area contributed by atoms with Gasteiger partial charge >= 0.3 is 6.18 Å². The number of hydrogen-bond donors (Lipinski definition) is 1. The van der Waals surface area contributed by atoms with Gasteiger partial charge in [-0.2, -0.15) is 13.2 Å². The molecule has 0 aliphatic carbocycles. The first kappa shape index (κ1) is 12.3. The van der Waals surface area contributed by atoms with Crippen molar-refractivity contribution in [2.24, 2.45) is 5.73 Å². The molecule has 0 aliphatic heterocycles. The van der Waals surface area contributed by atoms with Gasteiger partial charge in [0.15, 0.2) is 0 Å². The minimum absolute atomic E-state index is 0.113. The predicted molar refractivity (Wildman–Crippen MR) is 53.8 cm³/mol. The van der Waals surface area contributed by atoms with E-state index < -0.39 is 11.7 Å². The highest BCUT2D eigenvalue weighted by Crippen LogP contribution is 2.32. The number of rotatable bonds is 2. The predicted octanol–water partition coefficient (Wildman–Crippen LogP) is 3.25. The summed E-state index contributed by atoms with van der Waals surface area (Å²) in [5.41, 5.74) is 5.44. The monoisotopic (exact) mass is 237 g/mol.